The van der Waals surface area contributed by atoms with Gasteiger partial charge in [-0.1, -0.05) is 23.8 Å². The molecule has 5 heteroatoms. The first-order valence-corrected chi connectivity index (χ1v) is 8.95. The third kappa shape index (κ3) is 4.42. The van der Waals surface area contributed by atoms with Crippen molar-refractivity contribution in [3.63, 3.8) is 0 Å². The van der Waals surface area contributed by atoms with E-state index in [-0.39, 0.29) is 5.91 Å². The Labute approximate surface area is 160 Å². The van der Waals surface area contributed by atoms with Gasteiger partial charge < -0.3 is 19.1 Å². The van der Waals surface area contributed by atoms with Crippen molar-refractivity contribution in [1.82, 2.24) is 4.90 Å². The van der Waals surface area contributed by atoms with Gasteiger partial charge in [-0.15, -0.1) is 0 Å². The zero-order valence-corrected chi connectivity index (χ0v) is 16.2. The third-order valence-electron chi connectivity index (χ3n) is 4.55. The van der Waals surface area contributed by atoms with Crippen LogP contribution >= 0.6 is 0 Å². The second-order valence-electron chi connectivity index (χ2n) is 6.70. The van der Waals surface area contributed by atoms with Crippen LogP contribution in [0.3, 0.4) is 0 Å². The molecule has 0 saturated heterocycles. The standard InChI is InChI=1S/C22H25NO4/c1-15-5-7-18(16(2)11-15)14-23(3)21(24)8-6-17-12-19(25-4)22-20(13-17)26-9-10-27-22/h5-8,11-13H,9-10,14H2,1-4H3/b8-6+. The van der Waals surface area contributed by atoms with E-state index >= 15 is 0 Å². The average molecular weight is 367 g/mol. The van der Waals surface area contributed by atoms with Crippen molar-refractivity contribution in [3.8, 4) is 17.2 Å². The van der Waals surface area contributed by atoms with Gasteiger partial charge in [-0.25, -0.2) is 0 Å². The van der Waals surface area contributed by atoms with E-state index in [1.165, 1.54) is 11.1 Å². The Balaban J connectivity index is 1.72. The first-order chi connectivity index (χ1) is 13.0. The predicted octanol–water partition coefficient (Wildman–Crippen LogP) is 3.76. The van der Waals surface area contributed by atoms with E-state index in [1.807, 2.05) is 12.1 Å². The van der Waals surface area contributed by atoms with E-state index in [2.05, 4.69) is 32.0 Å². The summed E-state index contributed by atoms with van der Waals surface area (Å²) in [6.07, 6.45) is 3.33. The molecule has 1 amide bonds. The van der Waals surface area contributed by atoms with Crippen LogP contribution in [-0.4, -0.2) is 38.2 Å². The number of carbonyl (C=O) groups is 1. The zero-order chi connectivity index (χ0) is 19.4. The number of nitrogens with zero attached hydrogens (tertiary/aromatic N) is 1. The Morgan fingerprint density at radius 1 is 1.19 bits per heavy atom. The largest absolute Gasteiger partial charge is 0.493 e. The minimum atomic E-state index is -0.0659. The Morgan fingerprint density at radius 2 is 1.96 bits per heavy atom. The zero-order valence-electron chi connectivity index (χ0n) is 16.2. The molecule has 0 atom stereocenters. The van der Waals surface area contributed by atoms with Crippen LogP contribution in [-0.2, 0) is 11.3 Å². The molecule has 1 aliphatic heterocycles. The Hall–Kier alpha value is -2.95. The van der Waals surface area contributed by atoms with Crippen LogP contribution in [0.5, 0.6) is 17.2 Å². The second-order valence-corrected chi connectivity index (χ2v) is 6.70. The van der Waals surface area contributed by atoms with Gasteiger partial charge in [-0.2, -0.15) is 0 Å². The van der Waals surface area contributed by atoms with Gasteiger partial charge in [0.05, 0.1) is 7.11 Å². The van der Waals surface area contributed by atoms with Crippen LogP contribution in [0.1, 0.15) is 22.3 Å². The molecule has 5 nitrogen and oxygen atoms in total. The molecule has 0 bridgehead atoms. The lowest BCUT2D eigenvalue weighted by Crippen LogP contribution is -2.24. The van der Waals surface area contributed by atoms with Crippen molar-refractivity contribution >= 4 is 12.0 Å². The molecule has 3 rings (SSSR count). The van der Waals surface area contributed by atoms with Crippen molar-refractivity contribution < 1.29 is 19.0 Å². The lowest BCUT2D eigenvalue weighted by Gasteiger charge is -2.21. The number of likely N-dealkylation sites (N-methyl/N-ethyl adjacent to an activating group) is 1. The van der Waals surface area contributed by atoms with Gasteiger partial charge in [0.2, 0.25) is 11.7 Å². The van der Waals surface area contributed by atoms with E-state index in [9.17, 15) is 4.79 Å². The predicted molar refractivity (Wildman–Crippen MR) is 105 cm³/mol. The van der Waals surface area contributed by atoms with E-state index in [0.717, 1.165) is 11.1 Å². The smallest absolute Gasteiger partial charge is 0.246 e. The number of rotatable bonds is 5. The van der Waals surface area contributed by atoms with Gasteiger partial charge in [-0.3, -0.25) is 4.79 Å². The maximum absolute atomic E-state index is 12.5. The fraction of sp³-hybridized carbons (Fsp3) is 0.318. The highest BCUT2D eigenvalue weighted by molar-refractivity contribution is 5.91. The molecule has 1 heterocycles. The second kappa shape index (κ2) is 8.16. The molecule has 27 heavy (non-hydrogen) atoms. The molecule has 2 aromatic carbocycles. The van der Waals surface area contributed by atoms with E-state index < -0.39 is 0 Å². The molecule has 0 saturated carbocycles. The number of hydrogen-bond donors (Lipinski definition) is 0. The minimum absolute atomic E-state index is 0.0659. The van der Waals surface area contributed by atoms with Crippen LogP contribution in [0.15, 0.2) is 36.4 Å². The quantitative estimate of drug-likeness (QED) is 0.755. The number of hydrogen-bond acceptors (Lipinski definition) is 4. The highest BCUT2D eigenvalue weighted by Crippen LogP contribution is 2.40. The summed E-state index contributed by atoms with van der Waals surface area (Å²) in [5.74, 6) is 1.78. The van der Waals surface area contributed by atoms with Crippen molar-refractivity contribution in [2.24, 2.45) is 0 Å². The van der Waals surface area contributed by atoms with Gasteiger partial charge >= 0.3 is 0 Å². The highest BCUT2D eigenvalue weighted by atomic mass is 16.6. The Kier molecular flexibility index (Phi) is 5.69. The summed E-state index contributed by atoms with van der Waals surface area (Å²) in [6.45, 7) is 5.70. The van der Waals surface area contributed by atoms with Crippen LogP contribution in [0.4, 0.5) is 0 Å². The number of amides is 1. The Bertz CT molecular complexity index is 856. The van der Waals surface area contributed by atoms with Crippen LogP contribution < -0.4 is 14.2 Å². The summed E-state index contributed by atoms with van der Waals surface area (Å²) < 4.78 is 16.6. The van der Waals surface area contributed by atoms with Crippen LogP contribution in [0.25, 0.3) is 6.08 Å². The van der Waals surface area contributed by atoms with Crippen molar-refractivity contribution in [2.45, 2.75) is 20.4 Å². The number of fused-ring (bicyclic) bond motifs is 1. The summed E-state index contributed by atoms with van der Waals surface area (Å²) in [6, 6.07) is 9.96. The van der Waals surface area contributed by atoms with Gasteiger partial charge in [0, 0.05) is 19.7 Å². The van der Waals surface area contributed by atoms with Gasteiger partial charge in [0.1, 0.15) is 13.2 Å². The summed E-state index contributed by atoms with van der Waals surface area (Å²) in [4.78, 5) is 14.2. The summed E-state index contributed by atoms with van der Waals surface area (Å²) in [5, 5.41) is 0. The van der Waals surface area contributed by atoms with E-state index in [0.29, 0.717) is 37.0 Å². The first kappa shape index (κ1) is 18.8. The van der Waals surface area contributed by atoms with Gasteiger partial charge in [0.15, 0.2) is 11.5 Å². The van der Waals surface area contributed by atoms with E-state index in [1.54, 1.807) is 31.2 Å². The number of methoxy groups -OCH3 is 1. The molecule has 2 aromatic rings. The first-order valence-electron chi connectivity index (χ1n) is 8.95. The molecule has 0 aliphatic carbocycles. The van der Waals surface area contributed by atoms with Crippen molar-refractivity contribution in [1.29, 1.82) is 0 Å². The van der Waals surface area contributed by atoms with Gasteiger partial charge in [-0.05, 0) is 48.7 Å². The number of ether oxygens (including phenoxy) is 3. The molecule has 0 radical (unpaired) electrons. The van der Waals surface area contributed by atoms with Gasteiger partial charge in [0.25, 0.3) is 0 Å². The normalized spacial score (nSPS) is 12.9. The summed E-state index contributed by atoms with van der Waals surface area (Å²) in [7, 11) is 3.39. The fourth-order valence-corrected chi connectivity index (χ4v) is 3.04. The molecule has 0 fully saturated rings. The Morgan fingerprint density at radius 3 is 2.70 bits per heavy atom. The molecule has 1 aliphatic rings. The summed E-state index contributed by atoms with van der Waals surface area (Å²) in [5.41, 5.74) is 4.38. The number of carbonyl (C=O) groups excluding carboxylic acids is 1. The topological polar surface area (TPSA) is 48.0 Å². The molecule has 0 unspecified atom stereocenters. The maximum atomic E-state index is 12.5. The van der Waals surface area contributed by atoms with Crippen LogP contribution in [0, 0.1) is 13.8 Å². The van der Waals surface area contributed by atoms with Crippen molar-refractivity contribution in [2.75, 3.05) is 27.4 Å². The average Bonchev–Trinajstić information content (AvgIpc) is 2.67. The molecule has 0 aromatic heterocycles. The highest BCUT2D eigenvalue weighted by Gasteiger charge is 2.18. The molecule has 0 N–H and O–H groups in total. The lowest BCUT2D eigenvalue weighted by molar-refractivity contribution is -0.125. The monoisotopic (exact) mass is 367 g/mol. The molecular formula is C22H25NO4. The van der Waals surface area contributed by atoms with Crippen molar-refractivity contribution in [3.05, 3.63) is 58.7 Å². The SMILES string of the molecule is COc1cc(/C=C/C(=O)N(C)Cc2ccc(C)cc2C)cc2c1OCCO2. The maximum Gasteiger partial charge on any atom is 0.246 e. The number of benzene rings is 2. The molecular weight excluding hydrogens is 342 g/mol. The molecule has 142 valence electrons. The number of aryl methyl sites for hydroxylation is 2. The summed E-state index contributed by atoms with van der Waals surface area (Å²) >= 11 is 0. The fourth-order valence-electron chi connectivity index (χ4n) is 3.04. The van der Waals surface area contributed by atoms with Crippen LogP contribution in [0.2, 0.25) is 0 Å². The lowest BCUT2D eigenvalue weighted by atomic mass is 10.1. The molecule has 0 spiro atoms. The minimum Gasteiger partial charge on any atom is -0.493 e. The van der Waals surface area contributed by atoms with E-state index in [4.69, 9.17) is 14.2 Å². The third-order valence-corrected chi connectivity index (χ3v) is 4.55.